The SMILES string of the molecule is C#Cc1c(F)ccc2cc(O)cc(-c3nc(OC)c4c(N5CCOC[C@@](C)(O)C5)nc(OC[C@]56CCC[C@H]5N(CC5CCC(OC)CC5)CCC6)nc4c3F)c12. The number of likely N-dealkylation sites (tertiary alicyclic amines) is 1. The Kier molecular flexibility index (Phi) is 10.7. The molecular weight excluding hydrogens is 720 g/mol. The Morgan fingerprint density at radius 1 is 1.02 bits per heavy atom. The fourth-order valence-corrected chi connectivity index (χ4v) is 9.98. The summed E-state index contributed by atoms with van der Waals surface area (Å²) in [6.07, 6.45) is 16.0. The van der Waals surface area contributed by atoms with Gasteiger partial charge in [0.1, 0.15) is 39.6 Å². The summed E-state index contributed by atoms with van der Waals surface area (Å²) in [6.45, 7) is 5.05. The summed E-state index contributed by atoms with van der Waals surface area (Å²) in [5, 5.41) is 22.7. The van der Waals surface area contributed by atoms with Crippen LogP contribution in [0.5, 0.6) is 17.6 Å². The van der Waals surface area contributed by atoms with Gasteiger partial charge >= 0.3 is 6.01 Å². The van der Waals surface area contributed by atoms with Gasteiger partial charge in [0.25, 0.3) is 0 Å². The molecule has 2 aliphatic carbocycles. The molecule has 2 aliphatic heterocycles. The van der Waals surface area contributed by atoms with Crippen LogP contribution >= 0.6 is 0 Å². The van der Waals surface area contributed by atoms with Gasteiger partial charge in [-0.15, -0.1) is 6.42 Å². The summed E-state index contributed by atoms with van der Waals surface area (Å²) in [5.41, 5.74) is -1.73. The number of benzene rings is 2. The first-order valence-electron chi connectivity index (χ1n) is 19.8. The molecule has 3 atom stereocenters. The summed E-state index contributed by atoms with van der Waals surface area (Å²) in [5.74, 6) is 1.61. The van der Waals surface area contributed by atoms with E-state index in [0.717, 1.165) is 58.0 Å². The molecular formula is C43H51F2N5O6. The topological polar surface area (TPSA) is 123 Å². The molecule has 0 radical (unpaired) electrons. The summed E-state index contributed by atoms with van der Waals surface area (Å²) in [6, 6.07) is 5.77. The number of phenols is 1. The number of anilines is 1. The van der Waals surface area contributed by atoms with E-state index >= 15 is 8.78 Å². The van der Waals surface area contributed by atoms with Crippen LogP contribution in [0.15, 0.2) is 24.3 Å². The second-order valence-electron chi connectivity index (χ2n) is 16.5. The van der Waals surface area contributed by atoms with Gasteiger partial charge < -0.3 is 34.1 Å². The number of nitrogens with zero attached hydrogens (tertiary/aromatic N) is 5. The Morgan fingerprint density at radius 2 is 1.82 bits per heavy atom. The van der Waals surface area contributed by atoms with Crippen molar-refractivity contribution in [3.63, 3.8) is 0 Å². The second-order valence-corrected chi connectivity index (χ2v) is 16.5. The van der Waals surface area contributed by atoms with Gasteiger partial charge in [0.2, 0.25) is 5.88 Å². The lowest BCUT2D eigenvalue weighted by molar-refractivity contribution is -0.0163. The highest BCUT2D eigenvalue weighted by molar-refractivity contribution is 6.04. The molecule has 2 N–H and O–H groups in total. The van der Waals surface area contributed by atoms with E-state index in [1.807, 2.05) is 12.0 Å². The van der Waals surface area contributed by atoms with E-state index in [2.05, 4.69) is 15.8 Å². The van der Waals surface area contributed by atoms with Crippen LogP contribution in [0, 0.1) is 35.3 Å². The van der Waals surface area contributed by atoms with Gasteiger partial charge in [0.05, 0.1) is 45.1 Å². The van der Waals surface area contributed by atoms with E-state index in [0.29, 0.717) is 36.6 Å². The monoisotopic (exact) mass is 771 g/mol. The van der Waals surface area contributed by atoms with Crippen LogP contribution in [0.2, 0.25) is 0 Å². The average Bonchev–Trinajstić information content (AvgIpc) is 3.55. The van der Waals surface area contributed by atoms with Gasteiger partial charge in [-0.1, -0.05) is 18.4 Å². The molecule has 0 unspecified atom stereocenters. The normalized spacial score (nSPS) is 27.2. The predicted octanol–water partition coefficient (Wildman–Crippen LogP) is 6.63. The van der Waals surface area contributed by atoms with Crippen molar-refractivity contribution in [1.29, 1.82) is 0 Å². The standard InChI is InChI=1S/C43H51F2N5O6/c1-5-30-32(44)14-11-27-20-28(51)21-31(34(27)30)37-36(45)38-35(40(46-37)54-4)39(50-18-19-55-24-42(2,52)23-50)48-41(47-38)56-25-43-15-6-8-33(43)49(17-7-16-43)22-26-9-12-29(53-3)13-10-26/h1,11,14,20-21,26,29,33,51-52H,6-10,12-13,15-19,22-25H2,2-4H3/t26?,29?,33-,42+,43-/m1/s1. The number of methoxy groups -OCH3 is 2. The fraction of sp³-hybridized carbons (Fsp3) is 0.558. The number of phenolic OH excluding ortho intramolecular Hbond substituents is 1. The van der Waals surface area contributed by atoms with Crippen molar-refractivity contribution >= 4 is 27.5 Å². The quantitative estimate of drug-likeness (QED) is 0.179. The van der Waals surface area contributed by atoms with Crippen LogP contribution in [0.25, 0.3) is 32.9 Å². The first-order valence-corrected chi connectivity index (χ1v) is 19.8. The molecule has 0 bridgehead atoms. The van der Waals surface area contributed by atoms with E-state index in [1.54, 1.807) is 6.92 Å². The zero-order chi connectivity index (χ0) is 39.2. The summed E-state index contributed by atoms with van der Waals surface area (Å²) < 4.78 is 56.3. The highest BCUT2D eigenvalue weighted by Gasteiger charge is 2.49. The van der Waals surface area contributed by atoms with Gasteiger partial charge in [-0.25, -0.2) is 13.8 Å². The maximum atomic E-state index is 17.4. The van der Waals surface area contributed by atoms with Crippen LogP contribution < -0.4 is 14.4 Å². The number of fused-ring (bicyclic) bond motifs is 3. The van der Waals surface area contributed by atoms with Crippen molar-refractivity contribution in [1.82, 2.24) is 19.9 Å². The number of aromatic nitrogens is 3. The molecule has 13 heteroatoms. The minimum absolute atomic E-state index is 0.00480. The first kappa shape index (κ1) is 38.5. The minimum atomic E-state index is -1.24. The Balaban J connectivity index is 1.21. The number of terminal acetylenes is 1. The highest BCUT2D eigenvalue weighted by atomic mass is 19.1. The third-order valence-electron chi connectivity index (χ3n) is 12.6. The van der Waals surface area contributed by atoms with E-state index in [-0.39, 0.29) is 81.7 Å². The van der Waals surface area contributed by atoms with Crippen molar-refractivity contribution in [3.8, 4) is 41.2 Å². The van der Waals surface area contributed by atoms with Crippen molar-refractivity contribution in [3.05, 3.63) is 41.5 Å². The number of ether oxygens (including phenoxy) is 4. The average molecular weight is 772 g/mol. The zero-order valence-corrected chi connectivity index (χ0v) is 32.5. The van der Waals surface area contributed by atoms with E-state index in [1.165, 1.54) is 44.2 Å². The molecule has 2 aromatic heterocycles. The third-order valence-corrected chi connectivity index (χ3v) is 12.6. The van der Waals surface area contributed by atoms with Crippen LogP contribution in [0.4, 0.5) is 14.6 Å². The van der Waals surface area contributed by atoms with Crippen LogP contribution in [-0.2, 0) is 9.47 Å². The molecule has 2 aromatic carbocycles. The van der Waals surface area contributed by atoms with Gasteiger partial charge in [0, 0.05) is 42.6 Å². The lowest BCUT2D eigenvalue weighted by atomic mass is 9.75. The molecule has 0 spiro atoms. The van der Waals surface area contributed by atoms with Crippen LogP contribution in [0.3, 0.4) is 0 Å². The molecule has 4 aliphatic rings. The smallest absolute Gasteiger partial charge is 0.319 e. The molecule has 11 nitrogen and oxygen atoms in total. The third kappa shape index (κ3) is 7.21. The molecule has 4 aromatic rings. The molecule has 4 heterocycles. The van der Waals surface area contributed by atoms with E-state index < -0.39 is 17.2 Å². The summed E-state index contributed by atoms with van der Waals surface area (Å²) >= 11 is 0. The van der Waals surface area contributed by atoms with Gasteiger partial charge in [-0.3, -0.25) is 4.90 Å². The Bertz CT molecular complexity index is 2150. The number of hydrogen-bond donors (Lipinski definition) is 2. The zero-order valence-electron chi connectivity index (χ0n) is 32.5. The molecule has 2 saturated heterocycles. The maximum Gasteiger partial charge on any atom is 0.319 e. The molecule has 8 rings (SSSR count). The lowest BCUT2D eigenvalue weighted by Gasteiger charge is -2.47. The number of β-amino-alcohol motifs (C(OH)–C–C–N with tert-alkyl or cyclic N) is 1. The fourth-order valence-electron chi connectivity index (χ4n) is 9.98. The molecule has 56 heavy (non-hydrogen) atoms. The Hall–Kier alpha value is -4.35. The number of rotatable bonds is 9. The Morgan fingerprint density at radius 3 is 2.59 bits per heavy atom. The van der Waals surface area contributed by atoms with Crippen molar-refractivity contribution in [2.45, 2.75) is 82.5 Å². The van der Waals surface area contributed by atoms with Crippen molar-refractivity contribution < 1.29 is 37.9 Å². The molecule has 0 amide bonds. The molecule has 4 fully saturated rings. The van der Waals surface area contributed by atoms with Gasteiger partial charge in [-0.2, -0.15) is 9.97 Å². The van der Waals surface area contributed by atoms with Gasteiger partial charge in [0.15, 0.2) is 5.82 Å². The van der Waals surface area contributed by atoms with E-state index in [9.17, 15) is 10.2 Å². The van der Waals surface area contributed by atoms with Crippen molar-refractivity contribution in [2.24, 2.45) is 11.3 Å². The molecule has 298 valence electrons. The van der Waals surface area contributed by atoms with Gasteiger partial charge in [-0.05, 0) is 94.3 Å². The highest BCUT2D eigenvalue weighted by Crippen LogP contribution is 2.49. The molecule has 2 saturated carbocycles. The number of hydrogen-bond acceptors (Lipinski definition) is 11. The van der Waals surface area contributed by atoms with Crippen LogP contribution in [-0.4, -0.2) is 108 Å². The Labute approximate surface area is 326 Å². The number of aromatic hydroxyl groups is 1. The number of halogens is 2. The van der Waals surface area contributed by atoms with Crippen molar-refractivity contribution in [2.75, 3.05) is 65.1 Å². The minimum Gasteiger partial charge on any atom is -0.508 e. The number of aliphatic hydroxyl groups is 1. The van der Waals surface area contributed by atoms with Crippen LogP contribution in [0.1, 0.15) is 70.3 Å². The largest absolute Gasteiger partial charge is 0.508 e. The number of pyridine rings is 1. The second kappa shape index (κ2) is 15.5. The summed E-state index contributed by atoms with van der Waals surface area (Å²) in [7, 11) is 3.22. The predicted molar refractivity (Wildman–Crippen MR) is 209 cm³/mol. The maximum absolute atomic E-state index is 17.4. The number of piperidine rings is 1. The summed E-state index contributed by atoms with van der Waals surface area (Å²) in [4.78, 5) is 18.7. The lowest BCUT2D eigenvalue weighted by Crippen LogP contribution is -2.53. The van der Waals surface area contributed by atoms with E-state index in [4.69, 9.17) is 35.3 Å². The first-order chi connectivity index (χ1) is 27.0.